The number of H-pyrrole nitrogens is 1. The summed E-state index contributed by atoms with van der Waals surface area (Å²) in [7, 11) is 1.99. The molecule has 0 saturated heterocycles. The zero-order valence-electron chi connectivity index (χ0n) is 13.9. The van der Waals surface area contributed by atoms with Gasteiger partial charge in [-0.3, -0.25) is 5.10 Å². The van der Waals surface area contributed by atoms with Crippen molar-refractivity contribution in [3.05, 3.63) is 42.1 Å². The van der Waals surface area contributed by atoms with E-state index in [1.165, 1.54) is 4.31 Å². The number of aromatic nitrogens is 2. The second-order valence-electron chi connectivity index (χ2n) is 5.83. The molecule has 0 aliphatic heterocycles. The quantitative estimate of drug-likeness (QED) is 0.798. The summed E-state index contributed by atoms with van der Waals surface area (Å²) in [4.78, 5) is 2.09. The Hall–Kier alpha value is -1.70. The summed E-state index contributed by atoms with van der Waals surface area (Å²) in [6.07, 6.45) is 0.608. The number of aromatic amines is 1. The Bertz CT molecular complexity index is 711. The van der Waals surface area contributed by atoms with Crippen molar-refractivity contribution in [1.82, 2.24) is 19.4 Å². The van der Waals surface area contributed by atoms with Crippen LogP contribution in [-0.4, -0.2) is 61.3 Å². The predicted molar refractivity (Wildman–Crippen MR) is 92.4 cm³/mol. The van der Waals surface area contributed by atoms with Gasteiger partial charge in [-0.05, 0) is 26.1 Å². The Morgan fingerprint density at radius 1 is 1.13 bits per heavy atom. The van der Waals surface area contributed by atoms with Gasteiger partial charge in [0.1, 0.15) is 0 Å². The maximum atomic E-state index is 11.7. The minimum atomic E-state index is -3.11. The van der Waals surface area contributed by atoms with Crippen LogP contribution in [0.5, 0.6) is 0 Å². The minimum Gasteiger partial charge on any atom is -0.301 e. The number of rotatable bonds is 8. The van der Waals surface area contributed by atoms with Gasteiger partial charge in [0.05, 0.1) is 11.4 Å². The van der Waals surface area contributed by atoms with Gasteiger partial charge in [0.2, 0.25) is 10.0 Å². The lowest BCUT2D eigenvalue weighted by Crippen LogP contribution is -2.28. The molecule has 7 heteroatoms. The number of sulfonamides is 1. The number of hydrogen-bond acceptors (Lipinski definition) is 4. The largest absolute Gasteiger partial charge is 0.301 e. The van der Waals surface area contributed by atoms with Crippen LogP contribution in [0.15, 0.2) is 36.4 Å². The van der Waals surface area contributed by atoms with Crippen molar-refractivity contribution >= 4 is 10.0 Å². The highest BCUT2D eigenvalue weighted by molar-refractivity contribution is 7.89. The number of hydrogen-bond donors (Lipinski definition) is 1. The SMILES string of the molecule is CN(CCCS(=O)(=O)N(C)C)Cc1cc(-c2ccccc2)n[nH]1. The molecule has 2 rings (SSSR count). The van der Waals surface area contributed by atoms with Gasteiger partial charge < -0.3 is 4.90 Å². The third-order valence-corrected chi connectivity index (χ3v) is 5.56. The Labute approximate surface area is 138 Å². The van der Waals surface area contributed by atoms with Gasteiger partial charge in [-0.2, -0.15) is 5.10 Å². The topological polar surface area (TPSA) is 69.3 Å². The average Bonchev–Trinajstić information content (AvgIpc) is 2.96. The third kappa shape index (κ3) is 5.16. The highest BCUT2D eigenvalue weighted by Crippen LogP contribution is 2.17. The third-order valence-electron chi connectivity index (χ3n) is 3.64. The Balaban J connectivity index is 1.84. The van der Waals surface area contributed by atoms with E-state index in [0.717, 1.165) is 17.0 Å². The molecule has 0 aliphatic carbocycles. The van der Waals surface area contributed by atoms with E-state index < -0.39 is 10.0 Å². The molecule has 2 aromatic rings. The lowest BCUT2D eigenvalue weighted by molar-refractivity contribution is 0.323. The fraction of sp³-hybridized carbons (Fsp3) is 0.438. The molecule has 1 aromatic heterocycles. The van der Waals surface area contributed by atoms with E-state index in [2.05, 4.69) is 15.1 Å². The van der Waals surface area contributed by atoms with Gasteiger partial charge in [-0.1, -0.05) is 30.3 Å². The first-order chi connectivity index (χ1) is 10.9. The monoisotopic (exact) mass is 336 g/mol. The van der Waals surface area contributed by atoms with Crippen LogP contribution in [0.25, 0.3) is 11.3 Å². The highest BCUT2D eigenvalue weighted by Gasteiger charge is 2.13. The molecule has 0 spiro atoms. The van der Waals surface area contributed by atoms with Crippen molar-refractivity contribution in [2.75, 3.05) is 33.4 Å². The van der Waals surface area contributed by atoms with Crippen LogP contribution in [0.1, 0.15) is 12.1 Å². The lowest BCUT2D eigenvalue weighted by Gasteiger charge is -2.16. The van der Waals surface area contributed by atoms with Crippen LogP contribution in [0.2, 0.25) is 0 Å². The molecule has 0 atom stereocenters. The zero-order valence-corrected chi connectivity index (χ0v) is 14.7. The van der Waals surface area contributed by atoms with Crippen molar-refractivity contribution < 1.29 is 8.42 Å². The summed E-state index contributed by atoms with van der Waals surface area (Å²) in [5.74, 6) is 0.169. The van der Waals surface area contributed by atoms with Gasteiger partial charge in [-0.25, -0.2) is 12.7 Å². The number of benzene rings is 1. The smallest absolute Gasteiger partial charge is 0.213 e. The maximum Gasteiger partial charge on any atom is 0.213 e. The van der Waals surface area contributed by atoms with Gasteiger partial charge in [0.15, 0.2) is 0 Å². The molecule has 0 saturated carbocycles. The van der Waals surface area contributed by atoms with Crippen molar-refractivity contribution in [1.29, 1.82) is 0 Å². The van der Waals surface area contributed by atoms with Crippen molar-refractivity contribution in [2.45, 2.75) is 13.0 Å². The first-order valence-corrected chi connectivity index (χ1v) is 9.18. The van der Waals surface area contributed by atoms with E-state index in [-0.39, 0.29) is 5.75 Å². The molecule has 0 amide bonds. The van der Waals surface area contributed by atoms with Gasteiger partial charge >= 0.3 is 0 Å². The fourth-order valence-corrected chi connectivity index (χ4v) is 3.13. The lowest BCUT2D eigenvalue weighted by atomic mass is 10.1. The molecule has 0 radical (unpaired) electrons. The molecular formula is C16H24N4O2S. The molecule has 126 valence electrons. The van der Waals surface area contributed by atoms with Crippen LogP contribution in [-0.2, 0) is 16.6 Å². The van der Waals surface area contributed by atoms with Crippen molar-refractivity contribution in [2.24, 2.45) is 0 Å². The van der Waals surface area contributed by atoms with E-state index in [1.807, 2.05) is 43.4 Å². The normalized spacial score (nSPS) is 12.2. The fourth-order valence-electron chi connectivity index (χ4n) is 2.27. The predicted octanol–water partition coefficient (Wildman–Crippen LogP) is 1.79. The summed E-state index contributed by atoms with van der Waals surface area (Å²) in [6.45, 7) is 1.43. The Kier molecular flexibility index (Phi) is 5.92. The Morgan fingerprint density at radius 2 is 1.83 bits per heavy atom. The van der Waals surface area contributed by atoms with Crippen LogP contribution in [0.3, 0.4) is 0 Å². The van der Waals surface area contributed by atoms with Crippen molar-refractivity contribution in [3.8, 4) is 11.3 Å². The van der Waals surface area contributed by atoms with Crippen LogP contribution >= 0.6 is 0 Å². The molecule has 0 unspecified atom stereocenters. The van der Waals surface area contributed by atoms with E-state index in [1.54, 1.807) is 14.1 Å². The van der Waals surface area contributed by atoms with Crippen molar-refractivity contribution in [3.63, 3.8) is 0 Å². The second kappa shape index (κ2) is 7.72. The molecule has 1 N–H and O–H groups in total. The minimum absolute atomic E-state index is 0.169. The van der Waals surface area contributed by atoms with Crippen LogP contribution in [0, 0.1) is 0 Å². The summed E-state index contributed by atoms with van der Waals surface area (Å²) in [6, 6.07) is 12.0. The molecule has 1 heterocycles. The maximum absolute atomic E-state index is 11.7. The van der Waals surface area contributed by atoms with E-state index in [0.29, 0.717) is 19.5 Å². The van der Waals surface area contributed by atoms with Crippen LogP contribution in [0.4, 0.5) is 0 Å². The van der Waals surface area contributed by atoms with E-state index >= 15 is 0 Å². The highest BCUT2D eigenvalue weighted by atomic mass is 32.2. The first-order valence-electron chi connectivity index (χ1n) is 7.57. The molecule has 6 nitrogen and oxygen atoms in total. The molecule has 23 heavy (non-hydrogen) atoms. The van der Waals surface area contributed by atoms with Gasteiger partial charge in [0, 0.05) is 31.9 Å². The molecule has 0 fully saturated rings. The summed E-state index contributed by atoms with van der Waals surface area (Å²) in [5, 5.41) is 7.37. The van der Waals surface area contributed by atoms with Gasteiger partial charge in [0.25, 0.3) is 0 Å². The Morgan fingerprint density at radius 3 is 2.48 bits per heavy atom. The first kappa shape index (κ1) is 17.7. The molecular weight excluding hydrogens is 312 g/mol. The summed E-state index contributed by atoms with van der Waals surface area (Å²) >= 11 is 0. The molecule has 1 aromatic carbocycles. The standard InChI is InChI=1S/C16H24N4O2S/c1-19(2)23(21,22)11-7-10-20(3)13-15-12-16(18-17-15)14-8-5-4-6-9-14/h4-6,8-9,12H,7,10-11,13H2,1-3H3,(H,17,18). The average molecular weight is 336 g/mol. The number of nitrogens with one attached hydrogen (secondary N) is 1. The molecule has 0 aliphatic rings. The second-order valence-corrected chi connectivity index (χ2v) is 8.14. The summed E-state index contributed by atoms with van der Waals surface area (Å²) < 4.78 is 24.7. The molecule has 0 bridgehead atoms. The van der Waals surface area contributed by atoms with E-state index in [9.17, 15) is 8.42 Å². The van der Waals surface area contributed by atoms with Crippen LogP contribution < -0.4 is 0 Å². The van der Waals surface area contributed by atoms with E-state index in [4.69, 9.17) is 0 Å². The number of nitrogens with zero attached hydrogens (tertiary/aromatic N) is 3. The zero-order chi connectivity index (χ0) is 16.9. The summed E-state index contributed by atoms with van der Waals surface area (Å²) in [5.41, 5.74) is 3.01. The van der Waals surface area contributed by atoms with Gasteiger partial charge in [-0.15, -0.1) is 0 Å².